The Balaban J connectivity index is 1.77. The summed E-state index contributed by atoms with van der Waals surface area (Å²) in [4.78, 5) is 6.82. The monoisotopic (exact) mass is 333 g/mol. The number of nitrogens with zero attached hydrogens (tertiary/aromatic N) is 2. The fourth-order valence-corrected chi connectivity index (χ4v) is 3.69. The lowest BCUT2D eigenvalue weighted by Gasteiger charge is -2.34. The highest BCUT2D eigenvalue weighted by atomic mass is 79.9. The number of hydrogen-bond donors (Lipinski definition) is 1. The van der Waals surface area contributed by atoms with Crippen molar-refractivity contribution in [2.75, 3.05) is 32.7 Å². The van der Waals surface area contributed by atoms with Crippen LogP contribution < -0.4 is 5.73 Å². The van der Waals surface area contributed by atoms with Gasteiger partial charge in [0.15, 0.2) is 0 Å². The predicted octanol–water partition coefficient (Wildman–Crippen LogP) is 1.91. The molecule has 1 saturated heterocycles. The zero-order chi connectivity index (χ0) is 12.3. The molecule has 2 heterocycles. The average Bonchev–Trinajstić information content (AvgIpc) is 2.66. The Bertz CT molecular complexity index is 386. The summed E-state index contributed by atoms with van der Waals surface area (Å²) in [6.07, 6.45) is 0. The van der Waals surface area contributed by atoms with Gasteiger partial charge in [0.05, 0.1) is 8.77 Å². The second-order valence-electron chi connectivity index (χ2n) is 4.22. The Labute approximate surface area is 120 Å². The van der Waals surface area contributed by atoms with Gasteiger partial charge in [-0.15, -0.1) is 11.3 Å². The van der Waals surface area contributed by atoms with E-state index in [0.717, 1.165) is 39.3 Å². The molecular formula is C11H16BrN3S2. The highest BCUT2D eigenvalue weighted by Gasteiger charge is 2.17. The molecule has 1 fully saturated rings. The zero-order valence-corrected chi connectivity index (χ0v) is 12.8. The molecule has 1 aliphatic rings. The van der Waals surface area contributed by atoms with Gasteiger partial charge in [-0.2, -0.15) is 0 Å². The van der Waals surface area contributed by atoms with E-state index in [1.54, 1.807) is 0 Å². The number of nitrogens with two attached hydrogens (primary N) is 1. The van der Waals surface area contributed by atoms with Gasteiger partial charge in [0.1, 0.15) is 0 Å². The summed E-state index contributed by atoms with van der Waals surface area (Å²) in [5.41, 5.74) is 5.56. The van der Waals surface area contributed by atoms with Gasteiger partial charge in [-0.3, -0.25) is 9.80 Å². The Hall–Kier alpha value is -0.0100. The van der Waals surface area contributed by atoms with E-state index in [1.807, 2.05) is 11.3 Å². The second-order valence-corrected chi connectivity index (χ2v) is 7.30. The molecule has 1 aromatic heterocycles. The van der Waals surface area contributed by atoms with Crippen LogP contribution in [0.15, 0.2) is 15.9 Å². The summed E-state index contributed by atoms with van der Waals surface area (Å²) in [6.45, 7) is 6.12. The SMILES string of the molecule is NC(=S)CN1CCN(Cc2ccc(Br)s2)CC1. The Morgan fingerprint density at radius 3 is 2.47 bits per heavy atom. The summed E-state index contributed by atoms with van der Waals surface area (Å²) < 4.78 is 1.21. The third-order valence-corrected chi connectivity index (χ3v) is 4.59. The molecule has 6 heteroatoms. The van der Waals surface area contributed by atoms with Crippen molar-refractivity contribution in [3.8, 4) is 0 Å². The molecule has 0 amide bonds. The fourth-order valence-electron chi connectivity index (χ4n) is 1.98. The molecule has 94 valence electrons. The molecule has 0 unspecified atom stereocenters. The Kier molecular flexibility index (Phi) is 4.93. The van der Waals surface area contributed by atoms with Crippen molar-refractivity contribution in [1.29, 1.82) is 0 Å². The van der Waals surface area contributed by atoms with Crippen LogP contribution in [0, 0.1) is 0 Å². The number of thiophene rings is 1. The number of piperazine rings is 1. The van der Waals surface area contributed by atoms with Crippen molar-refractivity contribution in [2.45, 2.75) is 6.54 Å². The largest absolute Gasteiger partial charge is 0.392 e. The molecule has 0 spiro atoms. The summed E-state index contributed by atoms with van der Waals surface area (Å²) in [6, 6.07) is 4.30. The lowest BCUT2D eigenvalue weighted by atomic mass is 10.3. The summed E-state index contributed by atoms with van der Waals surface area (Å²) >= 11 is 10.2. The van der Waals surface area contributed by atoms with Crippen molar-refractivity contribution in [3.05, 3.63) is 20.8 Å². The maximum Gasteiger partial charge on any atom is 0.0870 e. The lowest BCUT2D eigenvalue weighted by molar-refractivity contribution is 0.141. The standard InChI is InChI=1S/C11H16BrN3S2/c12-10-2-1-9(17-10)7-14-3-5-15(6-4-14)8-11(13)16/h1-2H,3-8H2,(H2,13,16). The smallest absolute Gasteiger partial charge is 0.0870 e. The molecule has 2 rings (SSSR count). The molecule has 1 aliphatic heterocycles. The van der Waals surface area contributed by atoms with Gasteiger partial charge in [0, 0.05) is 44.1 Å². The Morgan fingerprint density at radius 1 is 1.29 bits per heavy atom. The molecule has 17 heavy (non-hydrogen) atoms. The topological polar surface area (TPSA) is 32.5 Å². The molecule has 2 N–H and O–H groups in total. The normalized spacial score (nSPS) is 18.4. The van der Waals surface area contributed by atoms with Crippen molar-refractivity contribution < 1.29 is 0 Å². The van der Waals surface area contributed by atoms with Gasteiger partial charge < -0.3 is 5.73 Å². The van der Waals surface area contributed by atoms with E-state index in [0.29, 0.717) is 4.99 Å². The first-order chi connectivity index (χ1) is 8.13. The lowest BCUT2D eigenvalue weighted by Crippen LogP contribution is -2.48. The van der Waals surface area contributed by atoms with E-state index in [4.69, 9.17) is 18.0 Å². The van der Waals surface area contributed by atoms with E-state index in [1.165, 1.54) is 8.66 Å². The fraction of sp³-hybridized carbons (Fsp3) is 0.545. The van der Waals surface area contributed by atoms with Crippen molar-refractivity contribution in [3.63, 3.8) is 0 Å². The minimum atomic E-state index is 0.598. The van der Waals surface area contributed by atoms with Crippen molar-refractivity contribution in [1.82, 2.24) is 9.80 Å². The summed E-state index contributed by atoms with van der Waals surface area (Å²) in [7, 11) is 0. The average molecular weight is 334 g/mol. The maximum atomic E-state index is 5.56. The summed E-state index contributed by atoms with van der Waals surface area (Å²) in [5.74, 6) is 0. The van der Waals surface area contributed by atoms with Gasteiger partial charge in [-0.25, -0.2) is 0 Å². The number of halogens is 1. The molecule has 0 saturated carbocycles. The molecule has 0 aromatic carbocycles. The van der Waals surface area contributed by atoms with Crippen LogP contribution in [0.1, 0.15) is 4.88 Å². The van der Waals surface area contributed by atoms with E-state index in [2.05, 4.69) is 37.9 Å². The van der Waals surface area contributed by atoms with Crippen LogP contribution in [0.5, 0.6) is 0 Å². The number of rotatable bonds is 4. The molecule has 3 nitrogen and oxygen atoms in total. The number of hydrogen-bond acceptors (Lipinski definition) is 4. The van der Waals surface area contributed by atoms with Crippen LogP contribution in [0.4, 0.5) is 0 Å². The number of thiocarbonyl (C=S) groups is 1. The van der Waals surface area contributed by atoms with E-state index >= 15 is 0 Å². The maximum absolute atomic E-state index is 5.56. The third-order valence-electron chi connectivity index (χ3n) is 2.85. The predicted molar refractivity (Wildman–Crippen MR) is 80.5 cm³/mol. The molecule has 0 atom stereocenters. The highest BCUT2D eigenvalue weighted by Crippen LogP contribution is 2.23. The van der Waals surface area contributed by atoms with Crippen LogP contribution in [-0.2, 0) is 6.54 Å². The van der Waals surface area contributed by atoms with E-state index < -0.39 is 0 Å². The minimum absolute atomic E-state index is 0.598. The van der Waals surface area contributed by atoms with Crippen molar-refractivity contribution in [2.24, 2.45) is 5.73 Å². The zero-order valence-electron chi connectivity index (χ0n) is 9.56. The molecule has 0 bridgehead atoms. The minimum Gasteiger partial charge on any atom is -0.392 e. The molecule has 0 aliphatic carbocycles. The first-order valence-corrected chi connectivity index (χ1v) is 7.62. The van der Waals surface area contributed by atoms with Crippen LogP contribution in [-0.4, -0.2) is 47.5 Å². The van der Waals surface area contributed by atoms with Crippen LogP contribution in [0.25, 0.3) is 0 Å². The first kappa shape index (κ1) is 13.4. The van der Waals surface area contributed by atoms with Crippen LogP contribution in [0.3, 0.4) is 0 Å². The quantitative estimate of drug-likeness (QED) is 0.853. The summed E-state index contributed by atoms with van der Waals surface area (Å²) in [5, 5.41) is 0. The van der Waals surface area contributed by atoms with Crippen molar-refractivity contribution >= 4 is 44.5 Å². The highest BCUT2D eigenvalue weighted by molar-refractivity contribution is 9.11. The van der Waals surface area contributed by atoms with Gasteiger partial charge in [-0.1, -0.05) is 12.2 Å². The van der Waals surface area contributed by atoms with E-state index in [9.17, 15) is 0 Å². The van der Waals surface area contributed by atoms with Gasteiger partial charge in [-0.05, 0) is 28.1 Å². The molecular weight excluding hydrogens is 318 g/mol. The molecule has 1 aromatic rings. The van der Waals surface area contributed by atoms with Crippen LogP contribution >= 0.6 is 39.5 Å². The van der Waals surface area contributed by atoms with Gasteiger partial charge in [0.2, 0.25) is 0 Å². The van der Waals surface area contributed by atoms with E-state index in [-0.39, 0.29) is 0 Å². The van der Waals surface area contributed by atoms with Crippen LogP contribution in [0.2, 0.25) is 0 Å². The second kappa shape index (κ2) is 6.24. The third kappa shape index (κ3) is 4.30. The van der Waals surface area contributed by atoms with Gasteiger partial charge in [0.25, 0.3) is 0 Å². The Morgan fingerprint density at radius 2 is 1.94 bits per heavy atom. The van der Waals surface area contributed by atoms with Gasteiger partial charge >= 0.3 is 0 Å². The molecule has 0 radical (unpaired) electrons. The first-order valence-electron chi connectivity index (χ1n) is 5.61.